The number of hydrogen-bond donors (Lipinski definition) is 0. The van der Waals surface area contributed by atoms with Gasteiger partial charge in [0.2, 0.25) is 0 Å². The average molecular weight is 1150 g/mol. The number of ether oxygens (including phenoxy) is 3. The van der Waals surface area contributed by atoms with E-state index in [9.17, 15) is 14.4 Å². The van der Waals surface area contributed by atoms with Crippen LogP contribution in [0.1, 0.15) is 400 Å². The second kappa shape index (κ2) is 70.9. The van der Waals surface area contributed by atoms with Gasteiger partial charge in [0.05, 0.1) is 0 Å². The maximum Gasteiger partial charge on any atom is 0.306 e. The molecule has 0 aliphatic heterocycles. The molecule has 6 nitrogen and oxygen atoms in total. The summed E-state index contributed by atoms with van der Waals surface area (Å²) in [5.74, 6) is -0.857. The highest BCUT2D eigenvalue weighted by molar-refractivity contribution is 5.71. The molecule has 0 aromatic carbocycles. The highest BCUT2D eigenvalue weighted by Gasteiger charge is 2.19. The predicted octanol–water partition coefficient (Wildman–Crippen LogP) is 25.3. The van der Waals surface area contributed by atoms with Crippen LogP contribution in [-0.4, -0.2) is 37.2 Å². The molecule has 0 saturated carbocycles. The smallest absolute Gasteiger partial charge is 0.306 e. The van der Waals surface area contributed by atoms with E-state index in [1.165, 1.54) is 289 Å². The van der Waals surface area contributed by atoms with E-state index in [0.29, 0.717) is 19.3 Å². The van der Waals surface area contributed by atoms with Crippen LogP contribution in [0.5, 0.6) is 0 Å². The number of rotatable bonds is 68. The highest BCUT2D eigenvalue weighted by atomic mass is 16.6. The van der Waals surface area contributed by atoms with E-state index in [0.717, 1.165) is 70.6 Å². The van der Waals surface area contributed by atoms with E-state index >= 15 is 0 Å². The van der Waals surface area contributed by atoms with Gasteiger partial charge in [-0.05, 0) is 103 Å². The van der Waals surface area contributed by atoms with Crippen LogP contribution in [0, 0.1) is 0 Å². The fourth-order valence-electron chi connectivity index (χ4n) is 11.0. The molecular weight excluding hydrogens is 1010 g/mol. The highest BCUT2D eigenvalue weighted by Crippen LogP contribution is 2.18. The van der Waals surface area contributed by atoms with Gasteiger partial charge in [-0.1, -0.05) is 326 Å². The van der Waals surface area contributed by atoms with Crippen molar-refractivity contribution in [2.75, 3.05) is 13.2 Å². The Hall–Kier alpha value is -2.63. The van der Waals surface area contributed by atoms with Crippen molar-refractivity contribution < 1.29 is 28.6 Å². The molecule has 0 heterocycles. The molecular formula is C76H140O6. The molecule has 0 aromatic heterocycles. The predicted molar refractivity (Wildman–Crippen MR) is 358 cm³/mol. The Bertz CT molecular complexity index is 1410. The van der Waals surface area contributed by atoms with Crippen LogP contribution in [0.25, 0.3) is 0 Å². The molecule has 0 rings (SSSR count). The second-order valence-corrected chi connectivity index (χ2v) is 24.8. The third kappa shape index (κ3) is 68.2. The van der Waals surface area contributed by atoms with Gasteiger partial charge in [-0.2, -0.15) is 0 Å². The summed E-state index contributed by atoms with van der Waals surface area (Å²) in [6.45, 7) is 6.68. The summed E-state index contributed by atoms with van der Waals surface area (Å²) >= 11 is 0. The van der Waals surface area contributed by atoms with E-state index < -0.39 is 6.10 Å². The Balaban J connectivity index is 4.25. The van der Waals surface area contributed by atoms with Crippen LogP contribution >= 0.6 is 0 Å². The van der Waals surface area contributed by atoms with Crippen molar-refractivity contribution in [3.8, 4) is 0 Å². The molecule has 1 atom stereocenters. The van der Waals surface area contributed by atoms with Crippen LogP contribution in [0.3, 0.4) is 0 Å². The first-order valence-corrected chi connectivity index (χ1v) is 36.6. The topological polar surface area (TPSA) is 78.9 Å². The van der Waals surface area contributed by atoms with Crippen molar-refractivity contribution in [2.45, 2.75) is 406 Å². The number of carbonyl (C=O) groups excluding carboxylic acids is 3. The zero-order valence-electron chi connectivity index (χ0n) is 55.3. The Labute approximate surface area is 511 Å². The fraction of sp³-hybridized carbons (Fsp3) is 0.855. The first-order valence-electron chi connectivity index (χ1n) is 36.6. The molecule has 0 N–H and O–H groups in total. The van der Waals surface area contributed by atoms with Crippen LogP contribution in [0.15, 0.2) is 48.6 Å². The standard InChI is InChI=1S/C76H140O6/c1-4-7-10-13-16-19-22-25-28-30-32-34-36-37-38-39-41-42-44-46-48-51-54-57-60-63-66-69-75(78)81-72-73(71-80-74(77)68-65-62-59-56-53-50-27-24-21-18-15-12-9-6-3)82-76(79)70-67-64-61-58-55-52-49-47-45-43-40-35-33-31-29-26-23-20-17-14-11-8-5-2/h23-24,26-27,30-33,73H,4-22,25,28-29,34-72H2,1-3H3/b26-23-,27-24-,32-30-,33-31-. The summed E-state index contributed by atoms with van der Waals surface area (Å²) in [6.07, 6.45) is 90.0. The number of allylic oxidation sites excluding steroid dienone is 8. The number of hydrogen-bond acceptors (Lipinski definition) is 6. The van der Waals surface area contributed by atoms with Crippen LogP contribution in [-0.2, 0) is 28.6 Å². The minimum Gasteiger partial charge on any atom is -0.462 e. The van der Waals surface area contributed by atoms with Crippen molar-refractivity contribution in [2.24, 2.45) is 0 Å². The molecule has 82 heavy (non-hydrogen) atoms. The summed E-state index contributed by atoms with van der Waals surface area (Å²) in [5, 5.41) is 0. The Kier molecular flexibility index (Phi) is 68.6. The van der Waals surface area contributed by atoms with Gasteiger partial charge >= 0.3 is 17.9 Å². The lowest BCUT2D eigenvalue weighted by molar-refractivity contribution is -0.167. The zero-order chi connectivity index (χ0) is 59.2. The monoisotopic (exact) mass is 1150 g/mol. The summed E-state index contributed by atoms with van der Waals surface area (Å²) in [5.41, 5.74) is 0. The minimum atomic E-state index is -0.778. The largest absolute Gasteiger partial charge is 0.462 e. The normalized spacial score (nSPS) is 12.3. The van der Waals surface area contributed by atoms with Crippen molar-refractivity contribution in [1.29, 1.82) is 0 Å². The van der Waals surface area contributed by atoms with Crippen molar-refractivity contribution in [3.05, 3.63) is 48.6 Å². The Morgan fingerprint density at radius 1 is 0.244 bits per heavy atom. The second-order valence-electron chi connectivity index (χ2n) is 24.8. The van der Waals surface area contributed by atoms with Gasteiger partial charge < -0.3 is 14.2 Å². The van der Waals surface area contributed by atoms with Crippen LogP contribution in [0.2, 0.25) is 0 Å². The van der Waals surface area contributed by atoms with Gasteiger partial charge in [-0.3, -0.25) is 14.4 Å². The van der Waals surface area contributed by atoms with Gasteiger partial charge in [0.15, 0.2) is 6.10 Å². The lowest BCUT2D eigenvalue weighted by atomic mass is 10.0. The van der Waals surface area contributed by atoms with Gasteiger partial charge in [-0.15, -0.1) is 0 Å². The first-order chi connectivity index (χ1) is 40.5. The SMILES string of the molecule is CCCCCCC/C=C\C/C=C\CCCCCCCCCCCCCC(=O)OC(COC(=O)CCCCCCC/C=C\CCCCCCC)COC(=O)CCCCCCCCCCCCCCCCC/C=C\CCCCCCCCCC. The molecule has 480 valence electrons. The average Bonchev–Trinajstić information content (AvgIpc) is 3.47. The Morgan fingerprint density at radius 3 is 0.683 bits per heavy atom. The molecule has 0 bridgehead atoms. The fourth-order valence-corrected chi connectivity index (χ4v) is 11.0. The molecule has 0 amide bonds. The summed E-state index contributed by atoms with van der Waals surface area (Å²) in [7, 11) is 0. The van der Waals surface area contributed by atoms with E-state index in [1.54, 1.807) is 0 Å². The summed E-state index contributed by atoms with van der Waals surface area (Å²) in [4.78, 5) is 38.5. The van der Waals surface area contributed by atoms with Crippen LogP contribution in [0.4, 0.5) is 0 Å². The van der Waals surface area contributed by atoms with E-state index in [-0.39, 0.29) is 31.1 Å². The quantitative estimate of drug-likeness (QED) is 0.0261. The molecule has 1 unspecified atom stereocenters. The van der Waals surface area contributed by atoms with Crippen molar-refractivity contribution in [3.63, 3.8) is 0 Å². The molecule has 6 heteroatoms. The van der Waals surface area contributed by atoms with Gasteiger partial charge in [0, 0.05) is 19.3 Å². The number of unbranched alkanes of at least 4 members (excludes halogenated alkanes) is 49. The molecule has 0 fully saturated rings. The summed E-state index contributed by atoms with van der Waals surface area (Å²) in [6, 6.07) is 0. The molecule has 0 aromatic rings. The first kappa shape index (κ1) is 79.4. The maximum atomic E-state index is 13.0. The van der Waals surface area contributed by atoms with Gasteiger partial charge in [0.1, 0.15) is 13.2 Å². The van der Waals surface area contributed by atoms with E-state index in [4.69, 9.17) is 14.2 Å². The third-order valence-electron chi connectivity index (χ3n) is 16.5. The zero-order valence-corrected chi connectivity index (χ0v) is 55.3. The lowest BCUT2D eigenvalue weighted by Crippen LogP contribution is -2.30. The van der Waals surface area contributed by atoms with E-state index in [1.807, 2.05) is 0 Å². The number of carbonyl (C=O) groups is 3. The molecule has 0 aliphatic rings. The maximum absolute atomic E-state index is 13.0. The third-order valence-corrected chi connectivity index (χ3v) is 16.5. The lowest BCUT2D eigenvalue weighted by Gasteiger charge is -2.18. The van der Waals surface area contributed by atoms with Gasteiger partial charge in [0.25, 0.3) is 0 Å². The van der Waals surface area contributed by atoms with Crippen LogP contribution < -0.4 is 0 Å². The van der Waals surface area contributed by atoms with Gasteiger partial charge in [-0.25, -0.2) is 0 Å². The molecule has 0 saturated heterocycles. The number of esters is 3. The molecule has 0 radical (unpaired) electrons. The molecule has 0 spiro atoms. The van der Waals surface area contributed by atoms with E-state index in [2.05, 4.69) is 69.4 Å². The summed E-state index contributed by atoms with van der Waals surface area (Å²) < 4.78 is 17.0. The van der Waals surface area contributed by atoms with Crippen molar-refractivity contribution >= 4 is 17.9 Å². The Morgan fingerprint density at radius 2 is 0.439 bits per heavy atom. The molecule has 0 aliphatic carbocycles. The van der Waals surface area contributed by atoms with Crippen molar-refractivity contribution in [1.82, 2.24) is 0 Å². The minimum absolute atomic E-state index is 0.0727.